The number of nitrogens with zero attached hydrogens (tertiary/aromatic N) is 1. The van der Waals surface area contributed by atoms with Gasteiger partial charge >= 0.3 is 5.97 Å². The van der Waals surface area contributed by atoms with E-state index in [0.29, 0.717) is 56.1 Å². The Labute approximate surface area is 399 Å². The average Bonchev–Trinajstić information content (AvgIpc) is 3.76. The summed E-state index contributed by atoms with van der Waals surface area (Å²) in [4.78, 5) is 121. The van der Waals surface area contributed by atoms with Crippen LogP contribution >= 0.6 is 0 Å². The first-order valence-electron chi connectivity index (χ1n) is 24.2. The van der Waals surface area contributed by atoms with Crippen LogP contribution in [0, 0.1) is 5.92 Å². The van der Waals surface area contributed by atoms with E-state index in [1.165, 1.54) is 4.90 Å². The number of benzene rings is 2. The Kier molecular flexibility index (Phi) is 22.6. The van der Waals surface area contributed by atoms with Gasteiger partial charge in [0.25, 0.3) is 5.91 Å². The summed E-state index contributed by atoms with van der Waals surface area (Å²) in [5.74, 6) is -7.04. The van der Waals surface area contributed by atoms with Gasteiger partial charge in [-0.25, -0.2) is 0 Å². The number of nitrogens with two attached hydrogens (primary N) is 1. The van der Waals surface area contributed by atoms with Crippen molar-refractivity contribution < 1.29 is 53.0 Å². The fourth-order valence-corrected chi connectivity index (χ4v) is 8.78. The maximum absolute atomic E-state index is 14.8. The molecular weight excluding hydrogens is 875 g/mol. The number of unbranched alkanes of at least 4 members (excludes halogenated alkanes) is 2. The molecule has 18 nitrogen and oxygen atoms in total. The lowest BCUT2D eigenvalue weighted by atomic mass is 9.83. The van der Waals surface area contributed by atoms with Gasteiger partial charge < -0.3 is 47.1 Å². The van der Waals surface area contributed by atoms with Crippen molar-refractivity contribution in [3.63, 3.8) is 0 Å². The number of primary amides is 1. The molecule has 68 heavy (non-hydrogen) atoms. The highest BCUT2D eigenvalue weighted by molar-refractivity contribution is 6.38. The largest absolute Gasteiger partial charge is 0.481 e. The highest BCUT2D eigenvalue weighted by Gasteiger charge is 2.45. The van der Waals surface area contributed by atoms with Crippen LogP contribution in [-0.4, -0.2) is 113 Å². The maximum Gasteiger partial charge on any atom is 0.307 e. The second-order valence-electron chi connectivity index (χ2n) is 17.9. The summed E-state index contributed by atoms with van der Waals surface area (Å²) in [6.45, 7) is 5.17. The third-order valence-corrected chi connectivity index (χ3v) is 12.4. The fraction of sp³-hybridized carbons (Fsp3) is 0.580. The number of hydrogen-bond donors (Lipinski definition) is 7. The summed E-state index contributed by atoms with van der Waals surface area (Å²) in [6, 6.07) is 10.7. The molecule has 2 fully saturated rings. The Morgan fingerprint density at radius 1 is 0.721 bits per heavy atom. The summed E-state index contributed by atoms with van der Waals surface area (Å²) in [5, 5.41) is 22.5. The van der Waals surface area contributed by atoms with Crippen LogP contribution in [-0.2, 0) is 67.3 Å². The Hall–Kier alpha value is -6.17. The molecule has 0 radical (unpaired) electrons. The summed E-state index contributed by atoms with van der Waals surface area (Å²) in [7, 11) is 0. The zero-order chi connectivity index (χ0) is 49.6. The molecule has 2 aliphatic rings. The number of ether oxygens (including phenoxy) is 1. The van der Waals surface area contributed by atoms with Crippen LogP contribution in [0.2, 0.25) is 0 Å². The van der Waals surface area contributed by atoms with Crippen LogP contribution in [0.5, 0.6) is 0 Å². The number of likely N-dealkylation sites (tertiary alicyclic amines) is 1. The van der Waals surface area contributed by atoms with Crippen molar-refractivity contribution in [2.45, 2.75) is 166 Å². The Morgan fingerprint density at radius 2 is 1.37 bits per heavy atom. The number of hydrogen-bond acceptors (Lipinski definition) is 10. The molecular formula is C50H71N7O11. The number of Topliss-reactive ketones (excluding diaryl/α,β-unsaturated/α-hetero) is 1. The van der Waals surface area contributed by atoms with Crippen molar-refractivity contribution in [3.8, 4) is 0 Å². The number of nitrogens with one attached hydrogen (secondary N) is 5. The van der Waals surface area contributed by atoms with E-state index in [2.05, 4.69) is 26.6 Å². The van der Waals surface area contributed by atoms with E-state index in [0.717, 1.165) is 31.2 Å². The van der Waals surface area contributed by atoms with E-state index in [1.807, 2.05) is 44.2 Å². The highest BCUT2D eigenvalue weighted by Crippen LogP contribution is 2.30. The predicted octanol–water partition coefficient (Wildman–Crippen LogP) is 2.91. The first-order valence-corrected chi connectivity index (χ1v) is 24.2. The highest BCUT2D eigenvalue weighted by atomic mass is 16.5. The minimum absolute atomic E-state index is 0.0151. The number of carboxylic acid groups (broad SMARTS) is 1. The summed E-state index contributed by atoms with van der Waals surface area (Å²) in [5.41, 5.74) is 7.49. The second kappa shape index (κ2) is 28.2. The molecule has 4 rings (SSSR count). The maximum atomic E-state index is 14.8. The molecule has 372 valence electrons. The molecule has 18 heteroatoms. The van der Waals surface area contributed by atoms with Crippen LogP contribution in [0.15, 0.2) is 54.6 Å². The van der Waals surface area contributed by atoms with Gasteiger partial charge in [-0.1, -0.05) is 127 Å². The Balaban J connectivity index is 1.49. The molecule has 6 atom stereocenters. The first-order chi connectivity index (χ1) is 32.6. The normalized spacial score (nSPS) is 17.7. The lowest BCUT2D eigenvalue weighted by Crippen LogP contribution is -2.58. The summed E-state index contributed by atoms with van der Waals surface area (Å²) >= 11 is 0. The molecule has 0 aromatic heterocycles. The van der Waals surface area contributed by atoms with Crippen LogP contribution in [0.4, 0.5) is 0 Å². The van der Waals surface area contributed by atoms with E-state index in [-0.39, 0.29) is 51.2 Å². The SMILES string of the molecule is CCCCC(NC(=O)C(CCCC)NC(=O)CNC(=O)C(=O)C(CCC)NC(=O)[C@@H]1C[C@@H](OCc2ccccc2)CN1C(=O)C(NC(=O)Cc1cccc(CC(=O)O)c1)C1CCCCC1)C(N)=O. The zero-order valence-electron chi connectivity index (χ0n) is 39.7. The third-order valence-electron chi connectivity index (χ3n) is 12.4. The van der Waals surface area contributed by atoms with Gasteiger partial charge in [0.1, 0.15) is 24.2 Å². The van der Waals surface area contributed by atoms with Crippen LogP contribution in [0.3, 0.4) is 0 Å². The number of aliphatic carboxylic acids is 1. The number of carboxylic acids is 1. The van der Waals surface area contributed by atoms with Gasteiger partial charge in [-0.3, -0.25) is 43.2 Å². The molecule has 0 bridgehead atoms. The zero-order valence-corrected chi connectivity index (χ0v) is 39.7. The van der Waals surface area contributed by atoms with Gasteiger partial charge in [0.05, 0.1) is 38.1 Å². The van der Waals surface area contributed by atoms with Crippen molar-refractivity contribution in [2.75, 3.05) is 13.1 Å². The first kappa shape index (κ1) is 54.4. The predicted molar refractivity (Wildman–Crippen MR) is 252 cm³/mol. The number of carbonyl (C=O) groups is 9. The van der Waals surface area contributed by atoms with Gasteiger partial charge in [0, 0.05) is 13.0 Å². The van der Waals surface area contributed by atoms with Crippen LogP contribution in [0.1, 0.15) is 127 Å². The second-order valence-corrected chi connectivity index (χ2v) is 17.9. The van der Waals surface area contributed by atoms with Gasteiger partial charge in [0.2, 0.25) is 41.2 Å². The number of carbonyl (C=O) groups excluding carboxylic acids is 8. The van der Waals surface area contributed by atoms with Crippen molar-refractivity contribution >= 4 is 53.1 Å². The molecule has 1 aliphatic heterocycles. The fourth-order valence-electron chi connectivity index (χ4n) is 8.78. The monoisotopic (exact) mass is 946 g/mol. The van der Waals surface area contributed by atoms with Crippen molar-refractivity contribution in [2.24, 2.45) is 11.7 Å². The topological polar surface area (TPSA) is 272 Å². The van der Waals surface area contributed by atoms with Crippen LogP contribution in [0.25, 0.3) is 0 Å². The van der Waals surface area contributed by atoms with Gasteiger partial charge in [-0.05, 0) is 54.7 Å². The standard InChI is InChI=1S/C50H71N7O11/c1-4-7-23-38(46(51)63)55-47(64)39(24-8-5-2)53-42(59)29-52-49(66)45(62)37(16-6-3)54-48(65)40-28-36(68-31-32-17-11-9-12-18-32)30-57(40)50(67)44(35-21-13-10-14-22-35)56-41(58)26-33-19-15-20-34(25-33)27-43(60)61/h9,11-12,15,17-20,25,35-40,44H,4-8,10,13-14,16,21-24,26-31H2,1-3H3,(H2,51,63)(H,52,66)(H,53,59)(H,54,65)(H,55,64)(H,56,58)(H,60,61)/t36-,37?,38?,39?,40+,44?/m1/s1. The minimum atomic E-state index is -1.32. The molecule has 2 aromatic rings. The lowest BCUT2D eigenvalue weighted by molar-refractivity contribution is -0.144. The summed E-state index contributed by atoms with van der Waals surface area (Å²) < 4.78 is 6.26. The molecule has 4 unspecified atom stereocenters. The van der Waals surface area contributed by atoms with E-state index in [9.17, 15) is 48.3 Å². The molecule has 7 amide bonds. The van der Waals surface area contributed by atoms with Crippen molar-refractivity contribution in [1.29, 1.82) is 0 Å². The summed E-state index contributed by atoms with van der Waals surface area (Å²) in [6.07, 6.45) is 6.93. The van der Waals surface area contributed by atoms with Gasteiger partial charge in [-0.2, -0.15) is 0 Å². The number of rotatable bonds is 28. The third kappa shape index (κ3) is 17.5. The minimum Gasteiger partial charge on any atom is -0.481 e. The Morgan fingerprint density at radius 3 is 2.00 bits per heavy atom. The van der Waals surface area contributed by atoms with Gasteiger partial charge in [0.15, 0.2) is 0 Å². The molecule has 8 N–H and O–H groups in total. The van der Waals surface area contributed by atoms with Crippen LogP contribution < -0.4 is 32.3 Å². The molecule has 1 aliphatic carbocycles. The molecule has 2 aromatic carbocycles. The molecule has 1 saturated carbocycles. The molecule has 1 heterocycles. The lowest BCUT2D eigenvalue weighted by Gasteiger charge is -2.35. The Bertz CT molecular complexity index is 2040. The number of ketones is 1. The van der Waals surface area contributed by atoms with Crippen molar-refractivity contribution in [3.05, 3.63) is 71.3 Å². The van der Waals surface area contributed by atoms with E-state index in [1.54, 1.807) is 31.2 Å². The number of amides is 7. The van der Waals surface area contributed by atoms with E-state index < -0.39 is 96.0 Å². The average molecular weight is 946 g/mol. The van der Waals surface area contributed by atoms with Crippen molar-refractivity contribution in [1.82, 2.24) is 31.5 Å². The quantitative estimate of drug-likeness (QED) is 0.0610. The van der Waals surface area contributed by atoms with E-state index >= 15 is 0 Å². The van der Waals surface area contributed by atoms with E-state index in [4.69, 9.17) is 10.5 Å². The molecule has 0 spiro atoms. The smallest absolute Gasteiger partial charge is 0.307 e. The molecule has 1 saturated heterocycles. The van der Waals surface area contributed by atoms with Gasteiger partial charge in [-0.15, -0.1) is 0 Å².